The molecule has 0 aromatic carbocycles. The van der Waals surface area contributed by atoms with Crippen LogP contribution in [-0.4, -0.2) is 47.5 Å². The van der Waals surface area contributed by atoms with E-state index in [2.05, 4.69) is 10.3 Å². The monoisotopic (exact) mass is 349 g/mol. The zero-order chi connectivity index (χ0) is 17.0. The summed E-state index contributed by atoms with van der Waals surface area (Å²) in [6, 6.07) is 0. The van der Waals surface area contributed by atoms with E-state index < -0.39 is 12.1 Å². The van der Waals surface area contributed by atoms with Crippen molar-refractivity contribution in [3.05, 3.63) is 16.1 Å². The van der Waals surface area contributed by atoms with Gasteiger partial charge in [-0.05, 0) is 19.8 Å². The van der Waals surface area contributed by atoms with Crippen molar-refractivity contribution in [3.63, 3.8) is 0 Å². The maximum Gasteiger partial charge on any atom is 0.471 e. The van der Waals surface area contributed by atoms with Crippen LogP contribution in [0.1, 0.15) is 22.7 Å². The molecule has 128 valence electrons. The number of likely N-dealkylation sites (tertiary alicyclic amines) is 1. The Hall–Kier alpha value is -1.64. The molecule has 0 radical (unpaired) electrons. The summed E-state index contributed by atoms with van der Waals surface area (Å²) < 4.78 is 37.0. The lowest BCUT2D eigenvalue weighted by Crippen LogP contribution is -2.47. The van der Waals surface area contributed by atoms with Gasteiger partial charge in [0.15, 0.2) is 0 Å². The number of carbonyl (C=O) groups is 2. The van der Waals surface area contributed by atoms with Crippen LogP contribution in [0.4, 0.5) is 13.2 Å². The summed E-state index contributed by atoms with van der Waals surface area (Å²) in [7, 11) is 0. The first kappa shape index (κ1) is 17.7. The number of aromatic nitrogens is 1. The second-order valence-corrected chi connectivity index (χ2v) is 6.79. The number of halogens is 3. The number of amides is 2. The van der Waals surface area contributed by atoms with Gasteiger partial charge in [0.2, 0.25) is 5.91 Å². The minimum absolute atomic E-state index is 0.0396. The van der Waals surface area contributed by atoms with Crippen molar-refractivity contribution in [2.45, 2.75) is 32.4 Å². The number of nitrogens with one attached hydrogen (secondary N) is 1. The van der Waals surface area contributed by atoms with Crippen molar-refractivity contribution in [3.8, 4) is 0 Å². The quantitative estimate of drug-likeness (QED) is 0.903. The van der Waals surface area contributed by atoms with E-state index in [-0.39, 0.29) is 37.8 Å². The zero-order valence-corrected chi connectivity index (χ0v) is 13.5. The van der Waals surface area contributed by atoms with Crippen molar-refractivity contribution in [2.75, 3.05) is 19.6 Å². The van der Waals surface area contributed by atoms with Crippen molar-refractivity contribution in [1.29, 1.82) is 0 Å². The number of hydrogen-bond acceptors (Lipinski definition) is 4. The summed E-state index contributed by atoms with van der Waals surface area (Å²) in [6.07, 6.45) is -1.93. The lowest BCUT2D eigenvalue weighted by Gasteiger charge is -2.31. The van der Waals surface area contributed by atoms with Crippen LogP contribution < -0.4 is 5.32 Å². The van der Waals surface area contributed by atoms with Gasteiger partial charge in [-0.15, -0.1) is 11.3 Å². The molecule has 1 fully saturated rings. The molecule has 2 heterocycles. The van der Waals surface area contributed by atoms with E-state index in [4.69, 9.17) is 0 Å². The van der Waals surface area contributed by atoms with Crippen LogP contribution in [0, 0.1) is 12.8 Å². The predicted octanol–water partition coefficient (Wildman–Crippen LogP) is 1.91. The van der Waals surface area contributed by atoms with Gasteiger partial charge < -0.3 is 10.2 Å². The Morgan fingerprint density at radius 3 is 2.57 bits per heavy atom. The van der Waals surface area contributed by atoms with Crippen molar-refractivity contribution in [1.82, 2.24) is 15.2 Å². The third kappa shape index (κ3) is 4.92. The molecule has 1 aliphatic heterocycles. The molecule has 0 unspecified atom stereocenters. The Balaban J connectivity index is 1.72. The van der Waals surface area contributed by atoms with Crippen LogP contribution >= 0.6 is 11.3 Å². The highest BCUT2D eigenvalue weighted by Crippen LogP contribution is 2.24. The van der Waals surface area contributed by atoms with Gasteiger partial charge >= 0.3 is 12.1 Å². The van der Waals surface area contributed by atoms with Crippen molar-refractivity contribution < 1.29 is 22.8 Å². The lowest BCUT2D eigenvalue weighted by atomic mass is 9.96. The third-order valence-electron chi connectivity index (χ3n) is 3.70. The summed E-state index contributed by atoms with van der Waals surface area (Å²) in [5.74, 6) is -2.34. The first-order valence-corrected chi connectivity index (χ1v) is 8.14. The standard InChI is InChI=1S/C14H18F3N3O2S/c1-9-8-19-11(23-9)2-5-18-12(21)10-3-6-20(7-4-10)13(22)14(15,16)17/h8,10H,2-7H2,1H3,(H,18,21). The van der Waals surface area contributed by atoms with E-state index in [1.807, 2.05) is 6.92 Å². The second kappa shape index (κ2) is 7.29. The van der Waals surface area contributed by atoms with E-state index in [0.29, 0.717) is 13.0 Å². The highest BCUT2D eigenvalue weighted by molar-refractivity contribution is 7.11. The molecule has 0 aliphatic carbocycles. The highest BCUT2D eigenvalue weighted by atomic mass is 32.1. The fraction of sp³-hybridized carbons (Fsp3) is 0.643. The van der Waals surface area contributed by atoms with E-state index in [0.717, 1.165) is 14.8 Å². The molecule has 0 bridgehead atoms. The van der Waals surface area contributed by atoms with Gasteiger partial charge in [0.05, 0.1) is 5.01 Å². The lowest BCUT2D eigenvalue weighted by molar-refractivity contribution is -0.186. The number of aryl methyl sites for hydroxylation is 1. The van der Waals surface area contributed by atoms with Crippen molar-refractivity contribution in [2.24, 2.45) is 5.92 Å². The fourth-order valence-corrected chi connectivity index (χ4v) is 3.26. The number of hydrogen-bond donors (Lipinski definition) is 1. The number of carbonyl (C=O) groups excluding carboxylic acids is 2. The topological polar surface area (TPSA) is 62.3 Å². The fourth-order valence-electron chi connectivity index (χ4n) is 2.48. The third-order valence-corrected chi connectivity index (χ3v) is 4.68. The normalized spacial score (nSPS) is 16.4. The first-order chi connectivity index (χ1) is 10.8. The summed E-state index contributed by atoms with van der Waals surface area (Å²) >= 11 is 1.57. The molecule has 1 aromatic heterocycles. The van der Waals surface area contributed by atoms with E-state index >= 15 is 0 Å². The smallest absolute Gasteiger partial charge is 0.355 e. The molecule has 0 spiro atoms. The van der Waals surface area contributed by atoms with Crippen LogP contribution in [0.3, 0.4) is 0 Å². The molecule has 9 heteroatoms. The minimum atomic E-state index is -4.85. The van der Waals surface area contributed by atoms with Gasteiger partial charge in [0.1, 0.15) is 0 Å². The Morgan fingerprint density at radius 2 is 2.04 bits per heavy atom. The van der Waals surface area contributed by atoms with Gasteiger partial charge in [-0.1, -0.05) is 0 Å². The summed E-state index contributed by atoms with van der Waals surface area (Å²) in [4.78, 5) is 29.2. The molecule has 1 aromatic rings. The van der Waals surface area contributed by atoms with Crippen LogP contribution in [0.25, 0.3) is 0 Å². The number of nitrogens with zero attached hydrogens (tertiary/aromatic N) is 2. The molecule has 23 heavy (non-hydrogen) atoms. The number of piperidine rings is 1. The first-order valence-electron chi connectivity index (χ1n) is 7.32. The zero-order valence-electron chi connectivity index (χ0n) is 12.7. The van der Waals surface area contributed by atoms with Crippen LogP contribution in [0.2, 0.25) is 0 Å². The van der Waals surface area contributed by atoms with Gasteiger partial charge in [0, 0.05) is 43.0 Å². The minimum Gasteiger partial charge on any atom is -0.355 e. The number of rotatable bonds is 4. The van der Waals surface area contributed by atoms with E-state index in [1.54, 1.807) is 17.5 Å². The molecular weight excluding hydrogens is 331 g/mol. The highest BCUT2D eigenvalue weighted by Gasteiger charge is 2.43. The number of thiazole rings is 1. The van der Waals surface area contributed by atoms with Crippen LogP contribution in [-0.2, 0) is 16.0 Å². The molecule has 2 rings (SSSR count). The average molecular weight is 349 g/mol. The number of alkyl halides is 3. The second-order valence-electron chi connectivity index (χ2n) is 5.47. The van der Waals surface area contributed by atoms with Gasteiger partial charge in [0.25, 0.3) is 0 Å². The maximum absolute atomic E-state index is 12.3. The van der Waals surface area contributed by atoms with Gasteiger partial charge in [-0.2, -0.15) is 13.2 Å². The van der Waals surface area contributed by atoms with Gasteiger partial charge in [-0.3, -0.25) is 9.59 Å². The molecule has 2 amide bonds. The Morgan fingerprint density at radius 1 is 1.39 bits per heavy atom. The summed E-state index contributed by atoms with van der Waals surface area (Å²) in [5.41, 5.74) is 0. The maximum atomic E-state index is 12.3. The molecular formula is C14H18F3N3O2S. The predicted molar refractivity (Wildman–Crippen MR) is 78.9 cm³/mol. The van der Waals surface area contributed by atoms with E-state index in [1.165, 1.54) is 0 Å². The molecule has 0 saturated carbocycles. The molecule has 0 atom stereocenters. The van der Waals surface area contributed by atoms with Crippen LogP contribution in [0.5, 0.6) is 0 Å². The summed E-state index contributed by atoms with van der Waals surface area (Å²) in [6.45, 7) is 2.33. The van der Waals surface area contributed by atoms with Crippen LogP contribution in [0.15, 0.2) is 6.20 Å². The molecule has 1 saturated heterocycles. The van der Waals surface area contributed by atoms with E-state index in [9.17, 15) is 22.8 Å². The summed E-state index contributed by atoms with van der Waals surface area (Å²) in [5, 5.41) is 3.72. The Bertz CT molecular complexity index is 566. The molecule has 1 N–H and O–H groups in total. The largest absolute Gasteiger partial charge is 0.471 e. The van der Waals surface area contributed by atoms with Gasteiger partial charge in [-0.25, -0.2) is 4.98 Å². The Kier molecular flexibility index (Phi) is 5.61. The molecule has 1 aliphatic rings. The van der Waals surface area contributed by atoms with Crippen molar-refractivity contribution >= 4 is 23.2 Å². The average Bonchev–Trinajstić information content (AvgIpc) is 2.91. The Labute approximate surface area is 135 Å². The SMILES string of the molecule is Cc1cnc(CCNC(=O)C2CCN(C(=O)C(F)(F)F)CC2)s1. The molecule has 5 nitrogen and oxygen atoms in total.